The summed E-state index contributed by atoms with van der Waals surface area (Å²) in [5.41, 5.74) is 1.04. The number of hydrogen-bond donors (Lipinski definition) is 1. The lowest BCUT2D eigenvalue weighted by Crippen LogP contribution is -2.24. The van der Waals surface area contributed by atoms with Crippen molar-refractivity contribution in [2.75, 3.05) is 32.2 Å². The number of rotatable bonds is 5. The Bertz CT molecular complexity index is 368. The highest BCUT2D eigenvalue weighted by Crippen LogP contribution is 2.32. The zero-order valence-electron chi connectivity index (χ0n) is 10.4. The second-order valence-electron chi connectivity index (χ2n) is 4.06. The molecule has 1 aromatic carbocycles. The average Bonchev–Trinajstić information content (AvgIpc) is 2.38. The molecule has 1 aliphatic heterocycles. The zero-order chi connectivity index (χ0) is 12.1. The van der Waals surface area contributed by atoms with Gasteiger partial charge in [0.1, 0.15) is 13.2 Å². The van der Waals surface area contributed by atoms with Gasteiger partial charge in [-0.3, -0.25) is 0 Å². The van der Waals surface area contributed by atoms with E-state index in [2.05, 4.69) is 12.2 Å². The fourth-order valence-corrected chi connectivity index (χ4v) is 1.83. The Kier molecular flexibility index (Phi) is 4.09. The Labute approximate surface area is 102 Å². The molecule has 1 N–H and O–H groups in total. The summed E-state index contributed by atoms with van der Waals surface area (Å²) in [7, 11) is 1.72. The number of nitrogens with one attached hydrogen (secondary N) is 1. The fourth-order valence-electron chi connectivity index (χ4n) is 1.83. The predicted octanol–water partition coefficient (Wildman–Crippen LogP) is 2.29. The van der Waals surface area contributed by atoms with Crippen molar-refractivity contribution in [3.8, 4) is 11.5 Å². The van der Waals surface area contributed by atoms with Crippen molar-refractivity contribution in [2.24, 2.45) is 0 Å². The van der Waals surface area contributed by atoms with Crippen LogP contribution in [0.1, 0.15) is 13.3 Å². The van der Waals surface area contributed by atoms with E-state index < -0.39 is 0 Å². The minimum atomic E-state index is 0.322. The number of anilines is 1. The van der Waals surface area contributed by atoms with E-state index in [0.717, 1.165) is 23.6 Å². The van der Waals surface area contributed by atoms with Crippen LogP contribution in [-0.4, -0.2) is 33.0 Å². The highest BCUT2D eigenvalue weighted by molar-refractivity contribution is 5.55. The van der Waals surface area contributed by atoms with E-state index in [-0.39, 0.29) is 0 Å². The van der Waals surface area contributed by atoms with Crippen molar-refractivity contribution < 1.29 is 14.2 Å². The molecule has 0 aromatic heterocycles. The third-order valence-electron chi connectivity index (χ3n) is 2.77. The monoisotopic (exact) mass is 237 g/mol. The third-order valence-corrected chi connectivity index (χ3v) is 2.77. The molecule has 1 aromatic rings. The van der Waals surface area contributed by atoms with Crippen molar-refractivity contribution >= 4 is 5.69 Å². The molecule has 0 spiro atoms. The zero-order valence-corrected chi connectivity index (χ0v) is 10.4. The molecule has 0 amide bonds. The van der Waals surface area contributed by atoms with E-state index in [9.17, 15) is 0 Å². The van der Waals surface area contributed by atoms with E-state index >= 15 is 0 Å². The molecule has 4 heteroatoms. The van der Waals surface area contributed by atoms with Crippen LogP contribution < -0.4 is 14.8 Å². The van der Waals surface area contributed by atoms with E-state index in [1.165, 1.54) is 0 Å². The quantitative estimate of drug-likeness (QED) is 0.853. The van der Waals surface area contributed by atoms with Gasteiger partial charge in [0, 0.05) is 24.9 Å². The summed E-state index contributed by atoms with van der Waals surface area (Å²) in [6.45, 7) is 4.08. The molecule has 1 unspecified atom stereocenters. The predicted molar refractivity (Wildman–Crippen MR) is 67.0 cm³/mol. The van der Waals surface area contributed by atoms with Gasteiger partial charge in [0.2, 0.25) is 0 Å². The summed E-state index contributed by atoms with van der Waals surface area (Å²) in [4.78, 5) is 0. The van der Waals surface area contributed by atoms with Crippen LogP contribution in [-0.2, 0) is 4.74 Å². The number of ether oxygens (including phenoxy) is 3. The first-order valence-corrected chi connectivity index (χ1v) is 5.98. The van der Waals surface area contributed by atoms with Gasteiger partial charge >= 0.3 is 0 Å². The lowest BCUT2D eigenvalue weighted by Gasteiger charge is -2.21. The second kappa shape index (κ2) is 5.77. The molecule has 1 heterocycles. The van der Waals surface area contributed by atoms with Crippen LogP contribution in [0.15, 0.2) is 18.2 Å². The SMILES string of the molecule is CCC(COC)Nc1ccc2c(c1)OCCO2. The maximum absolute atomic E-state index is 5.54. The minimum Gasteiger partial charge on any atom is -0.486 e. The first kappa shape index (κ1) is 12.0. The second-order valence-corrected chi connectivity index (χ2v) is 4.06. The summed E-state index contributed by atoms with van der Waals surface area (Å²) in [5, 5.41) is 3.42. The summed E-state index contributed by atoms with van der Waals surface area (Å²) < 4.78 is 16.2. The number of fused-ring (bicyclic) bond motifs is 1. The molecular weight excluding hydrogens is 218 g/mol. The average molecular weight is 237 g/mol. The Hall–Kier alpha value is -1.42. The molecule has 0 fully saturated rings. The van der Waals surface area contributed by atoms with E-state index in [1.807, 2.05) is 18.2 Å². The van der Waals surface area contributed by atoms with E-state index in [4.69, 9.17) is 14.2 Å². The van der Waals surface area contributed by atoms with Gasteiger partial charge in [-0.25, -0.2) is 0 Å². The maximum atomic E-state index is 5.54. The van der Waals surface area contributed by atoms with Gasteiger partial charge in [0.15, 0.2) is 11.5 Å². The van der Waals surface area contributed by atoms with Crippen LogP contribution >= 0.6 is 0 Å². The van der Waals surface area contributed by atoms with Crippen LogP contribution in [0.5, 0.6) is 11.5 Å². The van der Waals surface area contributed by atoms with Crippen molar-refractivity contribution in [3.05, 3.63) is 18.2 Å². The van der Waals surface area contributed by atoms with Crippen LogP contribution in [0.25, 0.3) is 0 Å². The summed E-state index contributed by atoms with van der Waals surface area (Å²) in [5.74, 6) is 1.63. The number of benzene rings is 1. The molecule has 0 aliphatic carbocycles. The Morgan fingerprint density at radius 2 is 2.06 bits per heavy atom. The number of hydrogen-bond acceptors (Lipinski definition) is 4. The first-order chi connectivity index (χ1) is 8.33. The topological polar surface area (TPSA) is 39.7 Å². The molecular formula is C13H19NO3. The number of methoxy groups -OCH3 is 1. The highest BCUT2D eigenvalue weighted by atomic mass is 16.6. The summed E-state index contributed by atoms with van der Waals surface area (Å²) >= 11 is 0. The van der Waals surface area contributed by atoms with Crippen LogP contribution in [0.2, 0.25) is 0 Å². The van der Waals surface area contributed by atoms with Gasteiger partial charge in [-0.05, 0) is 18.6 Å². The van der Waals surface area contributed by atoms with Crippen LogP contribution in [0, 0.1) is 0 Å². The van der Waals surface area contributed by atoms with Gasteiger partial charge in [-0.1, -0.05) is 6.92 Å². The maximum Gasteiger partial charge on any atom is 0.163 e. The highest BCUT2D eigenvalue weighted by Gasteiger charge is 2.13. The van der Waals surface area contributed by atoms with Crippen molar-refractivity contribution in [3.63, 3.8) is 0 Å². The van der Waals surface area contributed by atoms with Crippen LogP contribution in [0.3, 0.4) is 0 Å². The molecule has 2 rings (SSSR count). The van der Waals surface area contributed by atoms with Gasteiger partial charge in [0.05, 0.1) is 6.61 Å². The van der Waals surface area contributed by atoms with Crippen molar-refractivity contribution in [1.82, 2.24) is 0 Å². The fraction of sp³-hybridized carbons (Fsp3) is 0.538. The third kappa shape index (κ3) is 3.03. The van der Waals surface area contributed by atoms with Crippen molar-refractivity contribution in [2.45, 2.75) is 19.4 Å². The minimum absolute atomic E-state index is 0.322. The van der Waals surface area contributed by atoms with Crippen LogP contribution in [0.4, 0.5) is 5.69 Å². The molecule has 0 saturated carbocycles. The van der Waals surface area contributed by atoms with Gasteiger partial charge in [-0.2, -0.15) is 0 Å². The Balaban J connectivity index is 2.05. The molecule has 1 aliphatic rings. The van der Waals surface area contributed by atoms with Gasteiger partial charge in [0.25, 0.3) is 0 Å². The molecule has 94 valence electrons. The van der Waals surface area contributed by atoms with Gasteiger partial charge in [-0.15, -0.1) is 0 Å². The van der Waals surface area contributed by atoms with Crippen molar-refractivity contribution in [1.29, 1.82) is 0 Å². The Morgan fingerprint density at radius 1 is 1.29 bits per heavy atom. The smallest absolute Gasteiger partial charge is 0.163 e. The summed E-state index contributed by atoms with van der Waals surface area (Å²) in [6, 6.07) is 6.25. The largest absolute Gasteiger partial charge is 0.486 e. The first-order valence-electron chi connectivity index (χ1n) is 5.98. The van der Waals surface area contributed by atoms with E-state index in [0.29, 0.717) is 25.9 Å². The molecule has 0 radical (unpaired) electrons. The normalized spacial score (nSPS) is 15.4. The standard InChI is InChI=1S/C13H19NO3/c1-3-10(9-15-2)14-11-4-5-12-13(8-11)17-7-6-16-12/h4-5,8,10,14H,3,6-7,9H2,1-2H3. The molecule has 0 bridgehead atoms. The molecule has 4 nitrogen and oxygen atoms in total. The molecule has 0 saturated heterocycles. The Morgan fingerprint density at radius 3 is 2.76 bits per heavy atom. The van der Waals surface area contributed by atoms with E-state index in [1.54, 1.807) is 7.11 Å². The lowest BCUT2D eigenvalue weighted by atomic mass is 10.2. The lowest BCUT2D eigenvalue weighted by molar-refractivity contribution is 0.171. The molecule has 17 heavy (non-hydrogen) atoms. The van der Waals surface area contributed by atoms with Gasteiger partial charge < -0.3 is 19.5 Å². The summed E-state index contributed by atoms with van der Waals surface area (Å²) in [6.07, 6.45) is 1.02. The molecule has 1 atom stereocenters.